The lowest BCUT2D eigenvalue weighted by atomic mass is 9.39. The summed E-state index contributed by atoms with van der Waals surface area (Å²) in [6.45, 7) is 10.3. The van der Waals surface area contributed by atoms with Gasteiger partial charge in [0.1, 0.15) is 12.2 Å². The van der Waals surface area contributed by atoms with Gasteiger partial charge in [0.25, 0.3) is 0 Å². The molecule has 2 heterocycles. The van der Waals surface area contributed by atoms with Gasteiger partial charge in [-0.2, -0.15) is 0 Å². The van der Waals surface area contributed by atoms with Gasteiger partial charge in [-0.25, -0.2) is 9.59 Å². The van der Waals surface area contributed by atoms with Crippen molar-refractivity contribution < 1.29 is 48.0 Å². The molecule has 0 radical (unpaired) electrons. The first-order valence-corrected chi connectivity index (χ1v) is 14.4. The Morgan fingerprint density at radius 3 is 2.48 bits per heavy atom. The predicted molar refractivity (Wildman–Crippen MR) is 147 cm³/mol. The van der Waals surface area contributed by atoms with Crippen LogP contribution in [0.1, 0.15) is 78.9 Å². The van der Waals surface area contributed by atoms with E-state index in [2.05, 4.69) is 0 Å². The molecule has 42 heavy (non-hydrogen) atoms. The first kappa shape index (κ1) is 30.2. The minimum Gasteiger partial charge on any atom is -0.472 e. The summed E-state index contributed by atoms with van der Waals surface area (Å²) in [5.41, 5.74) is -3.11. The van der Waals surface area contributed by atoms with Crippen molar-refractivity contribution in [2.45, 2.75) is 91.1 Å². The summed E-state index contributed by atoms with van der Waals surface area (Å²) in [6.07, 6.45) is 1.64. The van der Waals surface area contributed by atoms with E-state index in [0.29, 0.717) is 24.0 Å². The number of Topliss-reactive ketones (excluding diaryl/α,β-unsaturated/α-hetero) is 1. The van der Waals surface area contributed by atoms with Crippen LogP contribution in [0.5, 0.6) is 0 Å². The average molecular weight is 585 g/mol. The number of hydrogen-bond donors (Lipinski definition) is 2. The van der Waals surface area contributed by atoms with Crippen LogP contribution in [0.4, 0.5) is 0 Å². The van der Waals surface area contributed by atoms with Crippen molar-refractivity contribution in [2.24, 2.45) is 28.1 Å². The molecule has 3 fully saturated rings. The fraction of sp³-hybridized carbons (Fsp3) is 0.625. The zero-order valence-corrected chi connectivity index (χ0v) is 25.2. The normalized spacial score (nSPS) is 38.2. The fourth-order valence-electron chi connectivity index (χ4n) is 8.83. The molecule has 1 aromatic heterocycles. The first-order chi connectivity index (χ1) is 19.6. The van der Waals surface area contributed by atoms with Crippen molar-refractivity contribution in [1.29, 1.82) is 0 Å². The molecule has 8 atom stereocenters. The van der Waals surface area contributed by atoms with Crippen LogP contribution in [-0.4, -0.2) is 58.8 Å². The van der Waals surface area contributed by atoms with Gasteiger partial charge < -0.3 is 28.8 Å². The maximum atomic E-state index is 14.6. The minimum atomic E-state index is -2.18. The van der Waals surface area contributed by atoms with E-state index < -0.39 is 75.7 Å². The largest absolute Gasteiger partial charge is 0.472 e. The van der Waals surface area contributed by atoms with Gasteiger partial charge in [0.05, 0.1) is 26.1 Å². The Bertz CT molecular complexity index is 1390. The number of hydrogen-bond acceptors (Lipinski definition) is 10. The fourth-order valence-corrected chi connectivity index (χ4v) is 8.83. The van der Waals surface area contributed by atoms with Crippen LogP contribution in [0.3, 0.4) is 0 Å². The predicted octanol–water partition coefficient (Wildman–Crippen LogP) is 3.76. The lowest BCUT2D eigenvalue weighted by molar-refractivity contribution is -0.245. The van der Waals surface area contributed by atoms with E-state index in [0.717, 1.165) is 12.7 Å². The summed E-state index contributed by atoms with van der Waals surface area (Å²) < 4.78 is 22.0. The molecule has 0 spiro atoms. The third-order valence-electron chi connectivity index (χ3n) is 10.8. The summed E-state index contributed by atoms with van der Waals surface area (Å²) in [6, 6.07) is 1.75. The van der Waals surface area contributed by atoms with Crippen molar-refractivity contribution >= 4 is 23.7 Å². The molecule has 2 bridgehead atoms. The Morgan fingerprint density at radius 2 is 1.88 bits per heavy atom. The average Bonchev–Trinajstić information content (AvgIpc) is 3.47. The number of allylic oxidation sites excluding steroid dienone is 1. The highest BCUT2D eigenvalue weighted by molar-refractivity contribution is 5.98. The molecule has 2 saturated carbocycles. The topological polar surface area (TPSA) is 150 Å². The molecule has 0 unspecified atom stereocenters. The monoisotopic (exact) mass is 584 g/mol. The second kappa shape index (κ2) is 9.91. The number of aliphatic hydroxyl groups excluding tert-OH is 1. The Labute approximate surface area is 245 Å². The van der Waals surface area contributed by atoms with Gasteiger partial charge in [-0.3, -0.25) is 9.59 Å². The molecular weight excluding hydrogens is 544 g/mol. The van der Waals surface area contributed by atoms with E-state index >= 15 is 0 Å². The van der Waals surface area contributed by atoms with E-state index in [4.69, 9.17) is 18.6 Å². The van der Waals surface area contributed by atoms with E-state index in [-0.39, 0.29) is 18.4 Å². The lowest BCUT2D eigenvalue weighted by Gasteiger charge is -2.66. The third-order valence-corrected chi connectivity index (χ3v) is 10.8. The SMILES string of the molecule is C/C=C(\C)C(=O)O[C@H]1C(C)(C)[C@H]([C@@H](O)C(=O)OC)[C@]2(C)C(=O)[C@@]1(O)CC1=C3CC(=O)O[C@@H](c4ccoc4)[C@]3(C)CC[C@@H]12. The van der Waals surface area contributed by atoms with E-state index in [1.54, 1.807) is 53.0 Å². The van der Waals surface area contributed by atoms with Crippen LogP contribution >= 0.6 is 0 Å². The third kappa shape index (κ3) is 3.97. The molecule has 10 heteroatoms. The Kier molecular flexibility index (Phi) is 7.13. The second-order valence-corrected chi connectivity index (χ2v) is 13.4. The van der Waals surface area contributed by atoms with Crippen molar-refractivity contribution in [2.75, 3.05) is 7.11 Å². The van der Waals surface area contributed by atoms with Gasteiger partial charge in [0, 0.05) is 39.7 Å². The summed E-state index contributed by atoms with van der Waals surface area (Å²) in [5, 5.41) is 23.9. The Balaban J connectivity index is 1.75. The number of ketones is 1. The van der Waals surface area contributed by atoms with Crippen LogP contribution in [0.2, 0.25) is 0 Å². The summed E-state index contributed by atoms with van der Waals surface area (Å²) >= 11 is 0. The Morgan fingerprint density at radius 1 is 1.19 bits per heavy atom. The molecule has 10 nitrogen and oxygen atoms in total. The number of carbonyl (C=O) groups excluding carboxylic acids is 4. The van der Waals surface area contributed by atoms with E-state index in [1.165, 1.54) is 6.26 Å². The highest BCUT2D eigenvalue weighted by atomic mass is 16.6. The number of methoxy groups -OCH3 is 1. The van der Waals surface area contributed by atoms with E-state index in [9.17, 15) is 29.4 Å². The van der Waals surface area contributed by atoms with Crippen molar-refractivity contribution in [3.63, 3.8) is 0 Å². The van der Waals surface area contributed by atoms with Gasteiger partial charge in [0.2, 0.25) is 0 Å². The zero-order valence-electron chi connectivity index (χ0n) is 25.2. The van der Waals surface area contributed by atoms with Crippen molar-refractivity contribution in [3.05, 3.63) is 47.0 Å². The van der Waals surface area contributed by atoms with Crippen LogP contribution in [-0.2, 0) is 33.4 Å². The number of rotatable bonds is 5. The molecule has 228 valence electrons. The molecule has 1 aromatic rings. The molecule has 5 rings (SSSR count). The maximum absolute atomic E-state index is 14.6. The highest BCUT2D eigenvalue weighted by Gasteiger charge is 2.75. The molecule has 0 aromatic carbocycles. The van der Waals surface area contributed by atoms with Crippen molar-refractivity contribution in [3.8, 4) is 0 Å². The molecule has 3 aliphatic carbocycles. The highest BCUT2D eigenvalue weighted by Crippen LogP contribution is 2.69. The van der Waals surface area contributed by atoms with Gasteiger partial charge in [-0.1, -0.05) is 39.3 Å². The number of furan rings is 1. The standard InChI is InChI=1S/C32H40O10/c1-8-16(2)25(35)42-28-29(3,4)23(22(34)26(36)39-7)31(6)19-9-11-30(5)20(18(19)14-32(28,38)27(31)37)13-21(33)41-24(30)17-10-12-40-15-17/h8,10,12,15,19,22-24,28,34,38H,9,11,13-14H2,1-7H3/b16-8+/t19-,22+,23-,24-,28-,30+,31+,32-/m0/s1. The number of esters is 3. The smallest absolute Gasteiger partial charge is 0.335 e. The summed E-state index contributed by atoms with van der Waals surface area (Å²) in [7, 11) is 1.15. The number of cyclic esters (lactones) is 1. The molecule has 4 aliphatic rings. The zero-order chi connectivity index (χ0) is 31.0. The Hall–Kier alpha value is -3.24. The van der Waals surface area contributed by atoms with Crippen LogP contribution in [0.15, 0.2) is 45.8 Å². The van der Waals surface area contributed by atoms with Crippen molar-refractivity contribution in [1.82, 2.24) is 0 Å². The van der Waals surface area contributed by atoms with Gasteiger partial charge in [0.15, 0.2) is 17.5 Å². The number of ether oxygens (including phenoxy) is 3. The second-order valence-electron chi connectivity index (χ2n) is 13.4. The molecule has 2 N–H and O–H groups in total. The molecule has 1 saturated heterocycles. The molecule has 0 amide bonds. The van der Waals surface area contributed by atoms with Gasteiger partial charge >= 0.3 is 17.9 Å². The number of aliphatic hydroxyl groups is 2. The van der Waals surface area contributed by atoms with Gasteiger partial charge in [-0.05, 0) is 44.2 Å². The maximum Gasteiger partial charge on any atom is 0.335 e. The van der Waals surface area contributed by atoms with E-state index in [1.807, 2.05) is 6.92 Å². The number of carbonyl (C=O) groups is 4. The lowest BCUT2D eigenvalue weighted by Crippen LogP contribution is -2.76. The molecular formula is C32H40O10. The minimum absolute atomic E-state index is 0.0349. The quantitative estimate of drug-likeness (QED) is 0.227. The van der Waals surface area contributed by atoms with Crippen LogP contribution in [0, 0.1) is 28.1 Å². The van der Waals surface area contributed by atoms with Crippen LogP contribution < -0.4 is 0 Å². The first-order valence-electron chi connectivity index (χ1n) is 14.4. The summed E-state index contributed by atoms with van der Waals surface area (Å²) in [4.78, 5) is 53.6. The molecule has 1 aliphatic heterocycles. The number of fused-ring (bicyclic) bond motifs is 5. The summed E-state index contributed by atoms with van der Waals surface area (Å²) in [5.74, 6) is -4.29. The van der Waals surface area contributed by atoms with Crippen LogP contribution in [0.25, 0.3) is 0 Å². The van der Waals surface area contributed by atoms with Gasteiger partial charge in [-0.15, -0.1) is 0 Å².